The molecule has 0 unspecified atom stereocenters. The van der Waals surface area contributed by atoms with Crippen LogP contribution in [-0.4, -0.2) is 18.2 Å². The van der Waals surface area contributed by atoms with Crippen molar-refractivity contribution in [3.63, 3.8) is 0 Å². The Morgan fingerprint density at radius 2 is 2.06 bits per heavy atom. The number of amides is 1. The van der Waals surface area contributed by atoms with Gasteiger partial charge in [0.05, 0.1) is 11.6 Å². The second-order valence-electron chi connectivity index (χ2n) is 4.45. The Labute approximate surface area is 104 Å². The second-order valence-corrected chi connectivity index (χ2v) is 5.78. The highest BCUT2D eigenvalue weighted by molar-refractivity contribution is 7.12. The fourth-order valence-corrected chi connectivity index (χ4v) is 2.02. The normalized spacial score (nSPS) is 11.2. The third kappa shape index (κ3) is 3.32. The van der Waals surface area contributed by atoms with Gasteiger partial charge in [0.1, 0.15) is 4.88 Å². The van der Waals surface area contributed by atoms with Gasteiger partial charge in [0.25, 0.3) is 5.91 Å². The molecule has 0 bridgehead atoms. The van der Waals surface area contributed by atoms with Gasteiger partial charge in [0, 0.05) is 5.41 Å². The Morgan fingerprint density at radius 1 is 1.44 bits per heavy atom. The minimum atomic E-state index is -0.438. The number of hydrogen-bond acceptors (Lipinski definition) is 3. The van der Waals surface area contributed by atoms with Crippen LogP contribution in [0, 0.1) is 5.41 Å². The number of carbonyl (C=O) groups is 2. The molecule has 0 saturated heterocycles. The van der Waals surface area contributed by atoms with E-state index in [0.29, 0.717) is 9.90 Å². The number of carbonyl (C=O) groups excluding carboxylic acids is 2. The average molecular weight is 260 g/mol. The monoisotopic (exact) mass is 259 g/mol. The molecule has 1 amide bonds. The third-order valence-corrected chi connectivity index (χ3v) is 3.41. The Balaban J connectivity index is 2.55. The van der Waals surface area contributed by atoms with Crippen LogP contribution in [0.3, 0.4) is 0 Å². The van der Waals surface area contributed by atoms with E-state index in [-0.39, 0.29) is 18.2 Å². The first-order chi connectivity index (χ1) is 7.32. The number of rotatable bonds is 3. The van der Waals surface area contributed by atoms with Gasteiger partial charge >= 0.3 is 0 Å². The van der Waals surface area contributed by atoms with Gasteiger partial charge in [-0.3, -0.25) is 9.59 Å². The van der Waals surface area contributed by atoms with E-state index in [1.807, 2.05) is 20.8 Å². The first-order valence-electron chi connectivity index (χ1n) is 4.87. The van der Waals surface area contributed by atoms with Crippen LogP contribution in [0.2, 0.25) is 5.02 Å². The van der Waals surface area contributed by atoms with Crippen molar-refractivity contribution < 1.29 is 9.59 Å². The lowest BCUT2D eigenvalue weighted by Gasteiger charge is -2.16. The maximum Gasteiger partial charge on any atom is 0.263 e. The first-order valence-corrected chi connectivity index (χ1v) is 6.12. The highest BCUT2D eigenvalue weighted by Gasteiger charge is 2.22. The highest BCUT2D eigenvalue weighted by Crippen LogP contribution is 2.21. The lowest BCUT2D eigenvalue weighted by atomic mass is 9.91. The van der Waals surface area contributed by atoms with Crippen molar-refractivity contribution in [3.8, 4) is 0 Å². The molecule has 1 rings (SSSR count). The molecule has 0 aliphatic heterocycles. The van der Waals surface area contributed by atoms with E-state index in [2.05, 4.69) is 5.32 Å². The summed E-state index contributed by atoms with van der Waals surface area (Å²) in [7, 11) is 0. The van der Waals surface area contributed by atoms with Crippen molar-refractivity contribution in [1.82, 2.24) is 5.32 Å². The molecular formula is C11H14ClNO2S. The number of nitrogens with one attached hydrogen (secondary N) is 1. The topological polar surface area (TPSA) is 46.2 Å². The van der Waals surface area contributed by atoms with E-state index in [9.17, 15) is 9.59 Å². The quantitative estimate of drug-likeness (QED) is 0.907. The van der Waals surface area contributed by atoms with Gasteiger partial charge in [-0.1, -0.05) is 32.4 Å². The number of Topliss-reactive ketones (excluding diaryl/α,β-unsaturated/α-hetero) is 1. The Morgan fingerprint density at radius 3 is 2.50 bits per heavy atom. The largest absolute Gasteiger partial charge is 0.344 e. The molecule has 0 atom stereocenters. The minimum absolute atomic E-state index is 0.00599. The third-order valence-electron chi connectivity index (χ3n) is 2.07. The molecule has 1 N–H and O–H groups in total. The van der Waals surface area contributed by atoms with Crippen LogP contribution in [0.15, 0.2) is 11.4 Å². The number of halogens is 1. The number of ketones is 1. The van der Waals surface area contributed by atoms with Gasteiger partial charge in [-0.15, -0.1) is 11.3 Å². The van der Waals surface area contributed by atoms with E-state index in [1.165, 1.54) is 11.3 Å². The maximum atomic E-state index is 11.6. The summed E-state index contributed by atoms with van der Waals surface area (Å²) >= 11 is 7.07. The van der Waals surface area contributed by atoms with Crippen LogP contribution in [0.1, 0.15) is 30.4 Å². The molecule has 1 heterocycles. The minimum Gasteiger partial charge on any atom is -0.344 e. The SMILES string of the molecule is CC(C)(C)C(=O)CNC(=O)c1sccc1Cl. The molecule has 1 aromatic rings. The van der Waals surface area contributed by atoms with Gasteiger partial charge < -0.3 is 5.32 Å². The molecule has 88 valence electrons. The molecule has 0 aliphatic carbocycles. The van der Waals surface area contributed by atoms with E-state index in [0.717, 1.165) is 0 Å². The number of thiophene rings is 1. The zero-order chi connectivity index (χ0) is 12.3. The van der Waals surface area contributed by atoms with Crippen LogP contribution >= 0.6 is 22.9 Å². The molecular weight excluding hydrogens is 246 g/mol. The van der Waals surface area contributed by atoms with Crippen LogP contribution in [0.4, 0.5) is 0 Å². The molecule has 0 aromatic carbocycles. The molecule has 1 aromatic heterocycles. The lowest BCUT2D eigenvalue weighted by molar-refractivity contribution is -0.125. The van der Waals surface area contributed by atoms with Crippen LogP contribution in [-0.2, 0) is 4.79 Å². The van der Waals surface area contributed by atoms with Crippen LogP contribution < -0.4 is 5.32 Å². The summed E-state index contributed by atoms with van der Waals surface area (Å²) in [5, 5.41) is 4.73. The zero-order valence-electron chi connectivity index (χ0n) is 9.46. The fourth-order valence-electron chi connectivity index (χ4n) is 0.962. The summed E-state index contributed by atoms with van der Waals surface area (Å²) in [5.41, 5.74) is -0.438. The summed E-state index contributed by atoms with van der Waals surface area (Å²) in [4.78, 5) is 23.6. The van der Waals surface area contributed by atoms with Gasteiger partial charge in [-0.2, -0.15) is 0 Å². The Hall–Kier alpha value is -0.870. The van der Waals surface area contributed by atoms with Crippen LogP contribution in [0.25, 0.3) is 0 Å². The molecule has 0 saturated carbocycles. The zero-order valence-corrected chi connectivity index (χ0v) is 11.0. The van der Waals surface area contributed by atoms with Crippen molar-refractivity contribution in [1.29, 1.82) is 0 Å². The first kappa shape index (κ1) is 13.2. The highest BCUT2D eigenvalue weighted by atomic mass is 35.5. The molecule has 5 heteroatoms. The summed E-state index contributed by atoms with van der Waals surface area (Å²) in [6, 6.07) is 1.66. The van der Waals surface area contributed by atoms with Crippen molar-refractivity contribution in [2.45, 2.75) is 20.8 Å². The van der Waals surface area contributed by atoms with E-state index in [1.54, 1.807) is 11.4 Å². The predicted octanol–water partition coefficient (Wildman–Crippen LogP) is 2.75. The summed E-state index contributed by atoms with van der Waals surface area (Å²) < 4.78 is 0. The van der Waals surface area contributed by atoms with Gasteiger partial charge in [0.2, 0.25) is 0 Å². The Bertz CT molecular complexity index is 406. The van der Waals surface area contributed by atoms with Crippen molar-refractivity contribution >= 4 is 34.6 Å². The molecule has 0 aliphatic rings. The van der Waals surface area contributed by atoms with Crippen LogP contribution in [0.5, 0.6) is 0 Å². The van der Waals surface area contributed by atoms with Crippen molar-refractivity contribution in [2.75, 3.05) is 6.54 Å². The smallest absolute Gasteiger partial charge is 0.263 e. The second kappa shape index (κ2) is 4.97. The maximum absolute atomic E-state index is 11.6. The van der Waals surface area contributed by atoms with Crippen molar-refractivity contribution in [2.24, 2.45) is 5.41 Å². The van der Waals surface area contributed by atoms with Crippen molar-refractivity contribution in [3.05, 3.63) is 21.3 Å². The average Bonchev–Trinajstić information content (AvgIpc) is 2.58. The van der Waals surface area contributed by atoms with Gasteiger partial charge in [-0.25, -0.2) is 0 Å². The summed E-state index contributed by atoms with van der Waals surface area (Å²) in [6.45, 7) is 5.50. The number of hydrogen-bond donors (Lipinski definition) is 1. The van der Waals surface area contributed by atoms with Gasteiger partial charge in [-0.05, 0) is 11.4 Å². The molecule has 16 heavy (non-hydrogen) atoms. The molecule has 0 fully saturated rings. The van der Waals surface area contributed by atoms with E-state index >= 15 is 0 Å². The van der Waals surface area contributed by atoms with Gasteiger partial charge in [0.15, 0.2) is 5.78 Å². The predicted molar refractivity (Wildman–Crippen MR) is 66.1 cm³/mol. The van der Waals surface area contributed by atoms with E-state index in [4.69, 9.17) is 11.6 Å². The van der Waals surface area contributed by atoms with E-state index < -0.39 is 5.41 Å². The lowest BCUT2D eigenvalue weighted by Crippen LogP contribution is -2.35. The molecule has 3 nitrogen and oxygen atoms in total. The Kier molecular flexibility index (Phi) is 4.10. The fraction of sp³-hybridized carbons (Fsp3) is 0.455. The summed E-state index contributed by atoms with van der Waals surface area (Å²) in [5.74, 6) is -0.300. The molecule has 0 radical (unpaired) electrons. The summed E-state index contributed by atoms with van der Waals surface area (Å²) in [6.07, 6.45) is 0. The molecule has 0 spiro atoms. The standard InChI is InChI=1S/C11H14ClNO2S/c1-11(2,3)8(14)6-13-10(15)9-7(12)4-5-16-9/h4-5H,6H2,1-3H3,(H,13,15).